The van der Waals surface area contributed by atoms with E-state index in [1.807, 2.05) is 0 Å². The Balaban J connectivity index is 2.21. The van der Waals surface area contributed by atoms with Crippen LogP contribution in [0.1, 0.15) is 0 Å². The molecule has 0 aliphatic heterocycles. The van der Waals surface area contributed by atoms with Gasteiger partial charge in [-0.15, -0.1) is 5.10 Å². The predicted molar refractivity (Wildman–Crippen MR) is 76.8 cm³/mol. The summed E-state index contributed by atoms with van der Waals surface area (Å²) in [6.45, 7) is 0. The minimum Gasteiger partial charge on any atom is -0.493 e. The summed E-state index contributed by atoms with van der Waals surface area (Å²) in [5, 5.41) is 17.9. The van der Waals surface area contributed by atoms with Crippen LogP contribution < -0.4 is 0 Å². The van der Waals surface area contributed by atoms with E-state index < -0.39 is 0 Å². The molecule has 0 aliphatic carbocycles. The molecule has 3 aromatic rings. The summed E-state index contributed by atoms with van der Waals surface area (Å²) in [4.78, 5) is 7.80. The highest BCUT2D eigenvalue weighted by molar-refractivity contribution is 9.10. The number of aromatic hydroxyl groups is 1. The van der Waals surface area contributed by atoms with E-state index in [1.54, 1.807) is 29.1 Å². The lowest BCUT2D eigenvalue weighted by atomic mass is 10.1. The first-order valence-corrected chi connectivity index (χ1v) is 6.70. The highest BCUT2D eigenvalue weighted by Crippen LogP contribution is 2.29. The Morgan fingerprint density at radius 1 is 1.20 bits per heavy atom. The minimum absolute atomic E-state index is 0.110. The van der Waals surface area contributed by atoms with Crippen molar-refractivity contribution in [3.63, 3.8) is 0 Å². The van der Waals surface area contributed by atoms with Crippen molar-refractivity contribution in [1.82, 2.24) is 25.0 Å². The lowest BCUT2D eigenvalue weighted by Gasteiger charge is -2.09. The number of hydrogen-bond acceptors (Lipinski definition) is 5. The van der Waals surface area contributed by atoms with Crippen molar-refractivity contribution in [3.05, 3.63) is 46.4 Å². The lowest BCUT2D eigenvalue weighted by molar-refractivity contribution is 0.452. The number of benzene rings is 1. The van der Waals surface area contributed by atoms with Gasteiger partial charge in [-0.3, -0.25) is 0 Å². The second-order valence-electron chi connectivity index (χ2n) is 3.91. The van der Waals surface area contributed by atoms with Gasteiger partial charge in [-0.05, 0) is 34.1 Å². The van der Waals surface area contributed by atoms with Gasteiger partial charge in [0.2, 0.25) is 5.88 Å². The molecule has 0 saturated carbocycles. The zero-order valence-corrected chi connectivity index (χ0v) is 12.2. The molecule has 0 radical (unpaired) electrons. The van der Waals surface area contributed by atoms with E-state index in [-0.39, 0.29) is 5.88 Å². The van der Waals surface area contributed by atoms with Gasteiger partial charge in [-0.1, -0.05) is 16.8 Å². The smallest absolute Gasteiger partial charge is 0.214 e. The number of halogens is 2. The fourth-order valence-electron chi connectivity index (χ4n) is 1.77. The van der Waals surface area contributed by atoms with Crippen molar-refractivity contribution < 1.29 is 5.11 Å². The Morgan fingerprint density at radius 2 is 2.05 bits per heavy atom. The molecule has 100 valence electrons. The molecule has 0 amide bonds. The van der Waals surface area contributed by atoms with Gasteiger partial charge in [0.15, 0.2) is 0 Å². The minimum atomic E-state index is -0.110. The van der Waals surface area contributed by atoms with Crippen molar-refractivity contribution in [1.29, 1.82) is 0 Å². The molecule has 0 bridgehead atoms. The molecule has 0 saturated heterocycles. The van der Waals surface area contributed by atoms with Gasteiger partial charge in [0.25, 0.3) is 0 Å². The van der Waals surface area contributed by atoms with Crippen LogP contribution in [0.3, 0.4) is 0 Å². The number of hydrogen-bond donors (Lipinski definition) is 1. The van der Waals surface area contributed by atoms with Gasteiger partial charge in [-0.2, -0.15) is 0 Å². The molecular weight excluding hydrogens is 346 g/mol. The Labute approximate surface area is 127 Å². The molecule has 0 fully saturated rings. The van der Waals surface area contributed by atoms with Crippen LogP contribution in [0.15, 0.2) is 41.4 Å². The molecule has 1 N–H and O–H groups in total. The van der Waals surface area contributed by atoms with Gasteiger partial charge < -0.3 is 5.11 Å². The molecule has 8 heteroatoms. The van der Waals surface area contributed by atoms with Crippen LogP contribution in [0.25, 0.3) is 16.9 Å². The Hall–Kier alpha value is -1.99. The normalized spacial score (nSPS) is 10.7. The molecule has 1 aromatic carbocycles. The van der Waals surface area contributed by atoms with Crippen molar-refractivity contribution in [3.8, 4) is 22.8 Å². The van der Waals surface area contributed by atoms with Crippen LogP contribution in [0.4, 0.5) is 0 Å². The zero-order chi connectivity index (χ0) is 14.1. The average Bonchev–Trinajstić information content (AvgIpc) is 2.85. The zero-order valence-electron chi connectivity index (χ0n) is 9.90. The first kappa shape index (κ1) is 13.0. The fourth-order valence-corrected chi connectivity index (χ4v) is 2.21. The second kappa shape index (κ2) is 5.18. The third kappa shape index (κ3) is 2.50. The van der Waals surface area contributed by atoms with Gasteiger partial charge in [0.1, 0.15) is 10.9 Å². The van der Waals surface area contributed by atoms with Crippen LogP contribution in [0.5, 0.6) is 5.88 Å². The van der Waals surface area contributed by atoms with E-state index in [1.165, 1.54) is 12.4 Å². The van der Waals surface area contributed by atoms with E-state index in [4.69, 9.17) is 11.6 Å². The van der Waals surface area contributed by atoms with E-state index in [0.717, 1.165) is 5.69 Å². The monoisotopic (exact) mass is 351 g/mol. The van der Waals surface area contributed by atoms with Crippen molar-refractivity contribution in [2.45, 2.75) is 0 Å². The van der Waals surface area contributed by atoms with Crippen molar-refractivity contribution >= 4 is 27.5 Å². The van der Waals surface area contributed by atoms with Crippen LogP contribution in [-0.2, 0) is 0 Å². The summed E-state index contributed by atoms with van der Waals surface area (Å²) in [6.07, 6.45) is 3.00. The third-order valence-electron chi connectivity index (χ3n) is 2.60. The molecule has 0 atom stereocenters. The summed E-state index contributed by atoms with van der Waals surface area (Å²) in [5.41, 5.74) is 2.00. The molecule has 0 aliphatic rings. The van der Waals surface area contributed by atoms with Crippen LogP contribution in [-0.4, -0.2) is 30.1 Å². The summed E-state index contributed by atoms with van der Waals surface area (Å²) in [7, 11) is 0. The third-order valence-corrected chi connectivity index (χ3v) is 3.20. The van der Waals surface area contributed by atoms with Crippen LogP contribution in [0.2, 0.25) is 5.02 Å². The summed E-state index contributed by atoms with van der Waals surface area (Å²) < 4.78 is 2.21. The first-order chi connectivity index (χ1) is 9.63. The van der Waals surface area contributed by atoms with E-state index in [0.29, 0.717) is 20.9 Å². The standard InChI is InChI=1S/C12H7BrClN5O/c13-11-5-19(18-17-11)10-2-1-7(14)3-8(10)9-4-12(20)16-6-15-9/h1-6H,(H,15,16,20). The molecule has 0 unspecified atom stereocenters. The quantitative estimate of drug-likeness (QED) is 0.767. The topological polar surface area (TPSA) is 76.7 Å². The van der Waals surface area contributed by atoms with Gasteiger partial charge in [0, 0.05) is 16.7 Å². The molecule has 2 aromatic heterocycles. The van der Waals surface area contributed by atoms with E-state index in [2.05, 4.69) is 36.2 Å². The summed E-state index contributed by atoms with van der Waals surface area (Å²) in [5.74, 6) is -0.110. The first-order valence-electron chi connectivity index (χ1n) is 5.52. The molecule has 0 spiro atoms. The maximum absolute atomic E-state index is 9.48. The Kier molecular flexibility index (Phi) is 3.37. The average molecular weight is 353 g/mol. The summed E-state index contributed by atoms with van der Waals surface area (Å²) >= 11 is 9.29. The maximum Gasteiger partial charge on any atom is 0.214 e. The largest absolute Gasteiger partial charge is 0.493 e. The molecule has 3 rings (SSSR count). The summed E-state index contributed by atoms with van der Waals surface area (Å²) in [6, 6.07) is 6.75. The number of nitrogens with zero attached hydrogens (tertiary/aromatic N) is 5. The fraction of sp³-hybridized carbons (Fsp3) is 0. The molecule has 20 heavy (non-hydrogen) atoms. The molecular formula is C12H7BrClN5O. The van der Waals surface area contributed by atoms with Crippen molar-refractivity contribution in [2.24, 2.45) is 0 Å². The molecule has 2 heterocycles. The lowest BCUT2D eigenvalue weighted by Crippen LogP contribution is -1.99. The van der Waals surface area contributed by atoms with E-state index in [9.17, 15) is 5.11 Å². The maximum atomic E-state index is 9.48. The second-order valence-corrected chi connectivity index (χ2v) is 5.16. The highest BCUT2D eigenvalue weighted by atomic mass is 79.9. The van der Waals surface area contributed by atoms with Gasteiger partial charge >= 0.3 is 0 Å². The van der Waals surface area contributed by atoms with E-state index >= 15 is 0 Å². The van der Waals surface area contributed by atoms with Gasteiger partial charge in [0.05, 0.1) is 17.6 Å². The van der Waals surface area contributed by atoms with Crippen LogP contribution in [0, 0.1) is 0 Å². The Bertz CT molecular complexity index is 776. The molecule has 6 nitrogen and oxygen atoms in total. The van der Waals surface area contributed by atoms with Crippen LogP contribution >= 0.6 is 27.5 Å². The van der Waals surface area contributed by atoms with Gasteiger partial charge in [-0.25, -0.2) is 14.6 Å². The number of rotatable bonds is 2. The number of aromatic nitrogens is 5. The SMILES string of the molecule is Oc1cc(-c2cc(Cl)ccc2-n2cc(Br)nn2)ncn1. The highest BCUT2D eigenvalue weighted by Gasteiger charge is 2.12. The van der Waals surface area contributed by atoms with Crippen molar-refractivity contribution in [2.75, 3.05) is 0 Å². The predicted octanol–water partition coefficient (Wildman–Crippen LogP) is 2.85. The Morgan fingerprint density at radius 3 is 2.75 bits per heavy atom.